The molecule has 2 heterocycles. The highest BCUT2D eigenvalue weighted by Gasteiger charge is 2.15. The second kappa shape index (κ2) is 4.04. The molecule has 1 fully saturated rings. The minimum Gasteiger partial charge on any atom is -0.385 e. The third-order valence-electron chi connectivity index (χ3n) is 1.75. The molecule has 4 nitrogen and oxygen atoms in total. The number of hydrogen-bond donors (Lipinski definition) is 2. The van der Waals surface area contributed by atoms with Gasteiger partial charge in [0.1, 0.15) is 5.82 Å². The molecular formula is C8H12N2O2S. The highest BCUT2D eigenvalue weighted by atomic mass is 32.2. The van der Waals surface area contributed by atoms with Crippen molar-refractivity contribution in [3.8, 4) is 0 Å². The second-order valence-electron chi connectivity index (χ2n) is 2.76. The van der Waals surface area contributed by atoms with Crippen LogP contribution in [0, 0.1) is 0 Å². The summed E-state index contributed by atoms with van der Waals surface area (Å²) in [5.74, 6) is 1.50. The summed E-state index contributed by atoms with van der Waals surface area (Å²) in [4.78, 5) is 3.03. The van der Waals surface area contributed by atoms with Gasteiger partial charge in [0, 0.05) is 0 Å². The lowest BCUT2D eigenvalue weighted by Crippen LogP contribution is -2.10. The molecule has 0 spiro atoms. The molecule has 5 heteroatoms. The summed E-state index contributed by atoms with van der Waals surface area (Å²) in [5.41, 5.74) is 5.53. The predicted molar refractivity (Wildman–Crippen MR) is 51.6 cm³/mol. The maximum atomic E-state index is 5.53. The van der Waals surface area contributed by atoms with Crippen LogP contribution >= 0.6 is 11.8 Å². The van der Waals surface area contributed by atoms with E-state index in [0.29, 0.717) is 19.0 Å². The van der Waals surface area contributed by atoms with Crippen LogP contribution in [-0.2, 0) is 9.47 Å². The Labute approximate surface area is 80.8 Å². The topological polar surface area (TPSA) is 60.3 Å². The zero-order valence-corrected chi connectivity index (χ0v) is 7.97. The Hall–Kier alpha value is -0.650. The van der Waals surface area contributed by atoms with Crippen LogP contribution in [0.25, 0.3) is 0 Å². The molecule has 0 aromatic carbocycles. The number of nitrogens with one attached hydrogen (secondary N) is 1. The van der Waals surface area contributed by atoms with E-state index in [1.807, 2.05) is 12.1 Å². The van der Waals surface area contributed by atoms with Gasteiger partial charge < -0.3 is 20.2 Å². The van der Waals surface area contributed by atoms with Gasteiger partial charge in [-0.25, -0.2) is 0 Å². The van der Waals surface area contributed by atoms with Crippen molar-refractivity contribution in [3.63, 3.8) is 0 Å². The summed E-state index contributed by atoms with van der Waals surface area (Å²) in [6.07, 6.45) is -0.0606. The number of anilines is 1. The van der Waals surface area contributed by atoms with Crippen molar-refractivity contribution < 1.29 is 9.47 Å². The Kier molecular flexibility index (Phi) is 2.77. The number of rotatable bonds is 3. The summed E-state index contributed by atoms with van der Waals surface area (Å²) in [6, 6.07) is 3.80. The van der Waals surface area contributed by atoms with Crippen LogP contribution in [0.15, 0.2) is 17.2 Å². The van der Waals surface area contributed by atoms with Crippen LogP contribution in [-0.4, -0.2) is 30.2 Å². The van der Waals surface area contributed by atoms with Crippen LogP contribution in [0.3, 0.4) is 0 Å². The number of H-pyrrole nitrogens is 1. The molecule has 1 aromatic rings. The van der Waals surface area contributed by atoms with Gasteiger partial charge in [0.15, 0.2) is 6.29 Å². The molecule has 0 aliphatic carbocycles. The fourth-order valence-corrected chi connectivity index (χ4v) is 2.00. The highest BCUT2D eigenvalue weighted by Crippen LogP contribution is 2.21. The van der Waals surface area contributed by atoms with E-state index < -0.39 is 0 Å². The Morgan fingerprint density at radius 1 is 1.46 bits per heavy atom. The molecule has 1 aliphatic heterocycles. The number of aromatic amines is 1. The Bertz CT molecular complexity index is 271. The van der Waals surface area contributed by atoms with Crippen LogP contribution < -0.4 is 5.73 Å². The molecular weight excluding hydrogens is 188 g/mol. The first-order valence-corrected chi connectivity index (χ1v) is 5.13. The number of nitrogen functional groups attached to an aromatic ring is 1. The molecule has 0 radical (unpaired) electrons. The monoisotopic (exact) mass is 200 g/mol. The van der Waals surface area contributed by atoms with E-state index in [9.17, 15) is 0 Å². The molecule has 0 amide bonds. The number of hydrogen-bond acceptors (Lipinski definition) is 4. The SMILES string of the molecule is Nc1ccc(SCC2OCCO2)[nH]1. The third kappa shape index (κ3) is 2.40. The maximum Gasteiger partial charge on any atom is 0.167 e. The van der Waals surface area contributed by atoms with E-state index in [4.69, 9.17) is 15.2 Å². The molecule has 1 saturated heterocycles. The molecule has 0 saturated carbocycles. The van der Waals surface area contributed by atoms with Crippen LogP contribution in [0.1, 0.15) is 0 Å². The summed E-state index contributed by atoms with van der Waals surface area (Å²) in [5, 5.41) is 1.05. The smallest absolute Gasteiger partial charge is 0.167 e. The fraction of sp³-hybridized carbons (Fsp3) is 0.500. The molecule has 13 heavy (non-hydrogen) atoms. The largest absolute Gasteiger partial charge is 0.385 e. The van der Waals surface area contributed by atoms with E-state index in [-0.39, 0.29) is 6.29 Å². The highest BCUT2D eigenvalue weighted by molar-refractivity contribution is 7.99. The van der Waals surface area contributed by atoms with Crippen LogP contribution in [0.5, 0.6) is 0 Å². The number of thioether (sulfide) groups is 1. The van der Waals surface area contributed by atoms with Crippen molar-refractivity contribution in [2.45, 2.75) is 11.3 Å². The Balaban J connectivity index is 1.78. The van der Waals surface area contributed by atoms with Gasteiger partial charge in [0.25, 0.3) is 0 Å². The summed E-state index contributed by atoms with van der Waals surface area (Å²) in [7, 11) is 0. The van der Waals surface area contributed by atoms with Crippen molar-refractivity contribution >= 4 is 17.6 Å². The van der Waals surface area contributed by atoms with Crippen molar-refractivity contribution in [1.82, 2.24) is 4.98 Å². The van der Waals surface area contributed by atoms with Crippen LogP contribution in [0.4, 0.5) is 5.82 Å². The quantitative estimate of drug-likeness (QED) is 0.716. The lowest BCUT2D eigenvalue weighted by atomic mass is 10.6. The number of nitrogens with two attached hydrogens (primary N) is 1. The van der Waals surface area contributed by atoms with Gasteiger partial charge in [-0.3, -0.25) is 0 Å². The third-order valence-corrected chi connectivity index (χ3v) is 2.74. The van der Waals surface area contributed by atoms with Crippen LogP contribution in [0.2, 0.25) is 0 Å². The first kappa shape index (κ1) is 8.93. The van der Waals surface area contributed by atoms with Gasteiger partial charge in [-0.1, -0.05) is 0 Å². The van der Waals surface area contributed by atoms with E-state index in [2.05, 4.69) is 4.98 Å². The molecule has 72 valence electrons. The summed E-state index contributed by atoms with van der Waals surface area (Å²) in [6.45, 7) is 1.41. The van der Waals surface area contributed by atoms with E-state index in [0.717, 1.165) is 10.8 Å². The average Bonchev–Trinajstić information content (AvgIpc) is 2.71. The molecule has 3 N–H and O–H groups in total. The normalized spacial score (nSPS) is 18.2. The van der Waals surface area contributed by atoms with Crippen molar-refractivity contribution in [2.24, 2.45) is 0 Å². The summed E-state index contributed by atoms with van der Waals surface area (Å²) >= 11 is 1.65. The number of aromatic nitrogens is 1. The zero-order chi connectivity index (χ0) is 9.10. The second-order valence-corrected chi connectivity index (χ2v) is 3.82. The molecule has 1 aliphatic rings. The lowest BCUT2D eigenvalue weighted by Gasteiger charge is -2.06. The van der Waals surface area contributed by atoms with E-state index >= 15 is 0 Å². The molecule has 0 bridgehead atoms. The lowest BCUT2D eigenvalue weighted by molar-refractivity contribution is -0.0214. The molecule has 0 atom stereocenters. The minimum atomic E-state index is -0.0606. The van der Waals surface area contributed by atoms with Gasteiger partial charge in [-0.2, -0.15) is 0 Å². The van der Waals surface area contributed by atoms with Gasteiger partial charge >= 0.3 is 0 Å². The van der Waals surface area contributed by atoms with Gasteiger partial charge in [0.05, 0.1) is 24.0 Å². The minimum absolute atomic E-state index is 0.0606. The molecule has 0 unspecified atom stereocenters. The van der Waals surface area contributed by atoms with Gasteiger partial charge in [0.2, 0.25) is 0 Å². The van der Waals surface area contributed by atoms with E-state index in [1.165, 1.54) is 0 Å². The zero-order valence-electron chi connectivity index (χ0n) is 7.16. The molecule has 1 aromatic heterocycles. The Morgan fingerprint density at radius 2 is 2.23 bits per heavy atom. The predicted octanol–water partition coefficient (Wildman–Crippen LogP) is 1.06. The Morgan fingerprint density at radius 3 is 2.85 bits per heavy atom. The standard InChI is InChI=1S/C8H12N2O2S/c9-6-1-2-7(10-6)13-5-8-11-3-4-12-8/h1-2,8,10H,3-5,9H2. The van der Waals surface area contributed by atoms with Crippen molar-refractivity contribution in [3.05, 3.63) is 12.1 Å². The number of ether oxygens (including phenoxy) is 2. The van der Waals surface area contributed by atoms with Crippen molar-refractivity contribution in [1.29, 1.82) is 0 Å². The molecule has 2 rings (SSSR count). The maximum absolute atomic E-state index is 5.53. The van der Waals surface area contributed by atoms with Gasteiger partial charge in [-0.15, -0.1) is 11.8 Å². The average molecular weight is 200 g/mol. The van der Waals surface area contributed by atoms with Gasteiger partial charge in [-0.05, 0) is 12.1 Å². The summed E-state index contributed by atoms with van der Waals surface area (Å²) < 4.78 is 10.6. The fourth-order valence-electron chi connectivity index (χ4n) is 1.14. The first-order valence-electron chi connectivity index (χ1n) is 4.15. The van der Waals surface area contributed by atoms with Crippen molar-refractivity contribution in [2.75, 3.05) is 24.7 Å². The first-order chi connectivity index (χ1) is 6.34. The van der Waals surface area contributed by atoms with E-state index in [1.54, 1.807) is 11.8 Å².